The summed E-state index contributed by atoms with van der Waals surface area (Å²) >= 11 is 1.92. The molecule has 0 amide bonds. The van der Waals surface area contributed by atoms with Crippen molar-refractivity contribution in [2.75, 3.05) is 0 Å². The van der Waals surface area contributed by atoms with E-state index in [0.29, 0.717) is 0 Å². The molecule has 0 radical (unpaired) electrons. The van der Waals surface area contributed by atoms with Crippen LogP contribution in [0, 0.1) is 0 Å². The Labute approximate surface area is 309 Å². The smallest absolute Gasteiger partial charge is 0.0720 e. The van der Waals surface area contributed by atoms with Crippen LogP contribution in [0.15, 0.2) is 200 Å². The van der Waals surface area contributed by atoms with E-state index in [1.807, 2.05) is 11.3 Å². The fourth-order valence-electron chi connectivity index (χ4n) is 9.00. The summed E-state index contributed by atoms with van der Waals surface area (Å²) in [6, 6.07) is 74.3. The number of benzene rings is 8. The Hall–Kier alpha value is -6.02. The summed E-state index contributed by atoms with van der Waals surface area (Å²) in [5, 5.41) is 2.69. The Morgan fingerprint density at radius 1 is 0.442 bits per heavy atom. The van der Waals surface area contributed by atoms with Crippen molar-refractivity contribution in [2.24, 2.45) is 0 Å². The molecule has 1 heterocycles. The summed E-state index contributed by atoms with van der Waals surface area (Å²) in [4.78, 5) is 0. The Morgan fingerprint density at radius 2 is 1.02 bits per heavy atom. The predicted molar refractivity (Wildman–Crippen MR) is 221 cm³/mol. The molecule has 1 heteroatoms. The quantitative estimate of drug-likeness (QED) is 0.157. The molecule has 0 nitrogen and oxygen atoms in total. The third kappa shape index (κ3) is 4.81. The molecule has 52 heavy (non-hydrogen) atoms. The van der Waals surface area contributed by atoms with E-state index in [9.17, 15) is 0 Å². The van der Waals surface area contributed by atoms with Crippen molar-refractivity contribution in [3.05, 3.63) is 239 Å². The first-order valence-electron chi connectivity index (χ1n) is 18.2. The van der Waals surface area contributed by atoms with Gasteiger partial charge >= 0.3 is 0 Å². The minimum absolute atomic E-state index is 0.216. The molecule has 1 aromatic heterocycles. The second kappa shape index (κ2) is 12.6. The molecule has 9 aromatic rings. The molecular formula is C51H36S. The minimum Gasteiger partial charge on any atom is -0.135 e. The number of fused-ring (bicyclic) bond motifs is 6. The van der Waals surface area contributed by atoms with Gasteiger partial charge in [-0.2, -0.15) is 0 Å². The Kier molecular flexibility index (Phi) is 7.48. The predicted octanol–water partition coefficient (Wildman–Crippen LogP) is 13.5. The van der Waals surface area contributed by atoms with Gasteiger partial charge in [-0.1, -0.05) is 188 Å². The third-order valence-electron chi connectivity index (χ3n) is 11.2. The number of rotatable bonds is 7. The van der Waals surface area contributed by atoms with Gasteiger partial charge in [-0.05, 0) is 79.8 Å². The molecule has 0 saturated carbocycles. The van der Waals surface area contributed by atoms with Gasteiger partial charge in [0.2, 0.25) is 0 Å². The molecule has 0 bridgehead atoms. The van der Waals surface area contributed by atoms with E-state index in [2.05, 4.69) is 200 Å². The van der Waals surface area contributed by atoms with E-state index in [-0.39, 0.29) is 5.92 Å². The molecule has 0 fully saturated rings. The van der Waals surface area contributed by atoms with E-state index in [1.54, 1.807) is 0 Å². The van der Waals surface area contributed by atoms with Crippen LogP contribution in [0.4, 0.5) is 0 Å². The molecule has 0 saturated heterocycles. The molecule has 1 unspecified atom stereocenters. The number of thiophene rings is 1. The lowest BCUT2D eigenvalue weighted by Crippen LogP contribution is -2.28. The van der Waals surface area contributed by atoms with Crippen LogP contribution in [0.2, 0.25) is 0 Å². The van der Waals surface area contributed by atoms with E-state index >= 15 is 0 Å². The van der Waals surface area contributed by atoms with Crippen LogP contribution in [0.5, 0.6) is 0 Å². The largest absolute Gasteiger partial charge is 0.135 e. The molecule has 8 aromatic carbocycles. The fraction of sp³-hybridized carbons (Fsp3) is 0.0588. The lowest BCUT2D eigenvalue weighted by Gasteiger charge is -2.34. The average molecular weight is 681 g/mol. The van der Waals surface area contributed by atoms with Crippen molar-refractivity contribution >= 4 is 31.5 Å². The molecule has 1 aliphatic carbocycles. The lowest BCUT2D eigenvalue weighted by molar-refractivity contribution is 0.777. The maximum Gasteiger partial charge on any atom is 0.0720 e. The molecule has 1 atom stereocenters. The van der Waals surface area contributed by atoms with Crippen LogP contribution in [0.1, 0.15) is 44.9 Å². The second-order valence-electron chi connectivity index (χ2n) is 13.9. The van der Waals surface area contributed by atoms with Crippen molar-refractivity contribution < 1.29 is 0 Å². The summed E-state index contributed by atoms with van der Waals surface area (Å²) in [7, 11) is 0. The van der Waals surface area contributed by atoms with Gasteiger partial charge in [-0.3, -0.25) is 0 Å². The van der Waals surface area contributed by atoms with E-state index < -0.39 is 5.41 Å². The highest BCUT2D eigenvalue weighted by molar-refractivity contribution is 7.25. The average Bonchev–Trinajstić information content (AvgIpc) is 3.75. The highest BCUT2D eigenvalue weighted by Gasteiger charge is 2.46. The first-order valence-corrected chi connectivity index (χ1v) is 19.0. The topological polar surface area (TPSA) is 0 Å². The molecular weight excluding hydrogens is 645 g/mol. The maximum atomic E-state index is 2.47. The lowest BCUT2D eigenvalue weighted by atomic mass is 9.66. The van der Waals surface area contributed by atoms with Gasteiger partial charge in [0, 0.05) is 26.1 Å². The van der Waals surface area contributed by atoms with Crippen molar-refractivity contribution in [3.63, 3.8) is 0 Å². The zero-order chi connectivity index (χ0) is 34.5. The first kappa shape index (κ1) is 30.8. The highest BCUT2D eigenvalue weighted by atomic mass is 32.1. The first-order chi connectivity index (χ1) is 25.8. The summed E-state index contributed by atoms with van der Waals surface area (Å²) in [6.07, 6.45) is 0.916. The summed E-state index contributed by atoms with van der Waals surface area (Å²) in [6.45, 7) is 0. The van der Waals surface area contributed by atoms with Crippen LogP contribution in [-0.4, -0.2) is 0 Å². The van der Waals surface area contributed by atoms with Crippen LogP contribution in [-0.2, 0) is 11.8 Å². The van der Waals surface area contributed by atoms with E-state index in [1.165, 1.54) is 81.4 Å². The standard InChI is InChI=1S/C51H36S/c1-4-17-36(18-5-1)39-23-10-11-24-40(39)44(37-19-6-2-7-20-37)33-35-31-32-43-49(34-35)52-48-30-16-29-47(50(43)48)51(38-21-8-3-9-22-38)45-27-14-12-25-41(45)42-26-13-15-28-46(42)51/h1-32,34,44H,33H2. The minimum atomic E-state index is -0.430. The summed E-state index contributed by atoms with van der Waals surface area (Å²) < 4.78 is 2.67. The van der Waals surface area contributed by atoms with Gasteiger partial charge in [-0.25, -0.2) is 0 Å². The molecule has 1 aliphatic rings. The molecule has 0 N–H and O–H groups in total. The van der Waals surface area contributed by atoms with Gasteiger partial charge in [-0.15, -0.1) is 11.3 Å². The van der Waals surface area contributed by atoms with Crippen LogP contribution in [0.3, 0.4) is 0 Å². The van der Waals surface area contributed by atoms with Gasteiger partial charge < -0.3 is 0 Å². The van der Waals surface area contributed by atoms with Crippen LogP contribution < -0.4 is 0 Å². The Morgan fingerprint density at radius 3 is 1.73 bits per heavy atom. The Bertz CT molecular complexity index is 2660. The fourth-order valence-corrected chi connectivity index (χ4v) is 10.2. The maximum absolute atomic E-state index is 2.47. The summed E-state index contributed by atoms with van der Waals surface area (Å²) in [5.41, 5.74) is 14.2. The highest BCUT2D eigenvalue weighted by Crippen LogP contribution is 2.58. The second-order valence-corrected chi connectivity index (χ2v) is 15.0. The normalized spacial score (nSPS) is 13.5. The van der Waals surface area contributed by atoms with Gasteiger partial charge in [0.15, 0.2) is 0 Å². The zero-order valence-corrected chi connectivity index (χ0v) is 29.6. The monoisotopic (exact) mass is 680 g/mol. The van der Waals surface area contributed by atoms with Crippen molar-refractivity contribution in [1.29, 1.82) is 0 Å². The molecule has 0 spiro atoms. The van der Waals surface area contributed by atoms with Crippen molar-refractivity contribution in [3.8, 4) is 22.3 Å². The van der Waals surface area contributed by atoms with E-state index in [0.717, 1.165) is 6.42 Å². The Balaban J connectivity index is 1.16. The zero-order valence-electron chi connectivity index (χ0n) is 28.7. The van der Waals surface area contributed by atoms with Gasteiger partial charge in [0.05, 0.1) is 5.41 Å². The molecule has 10 rings (SSSR count). The van der Waals surface area contributed by atoms with Crippen molar-refractivity contribution in [1.82, 2.24) is 0 Å². The number of hydrogen-bond acceptors (Lipinski definition) is 1. The molecule has 246 valence electrons. The van der Waals surface area contributed by atoms with Crippen molar-refractivity contribution in [2.45, 2.75) is 17.8 Å². The SMILES string of the molecule is c1ccc(-c2ccccc2C(Cc2ccc3c(c2)sc2cccc(C4(c5ccccc5)c5ccccc5-c5ccccc54)c23)c2ccccc2)cc1. The summed E-state index contributed by atoms with van der Waals surface area (Å²) in [5.74, 6) is 0.216. The van der Waals surface area contributed by atoms with E-state index in [4.69, 9.17) is 0 Å². The molecule has 0 aliphatic heterocycles. The number of hydrogen-bond donors (Lipinski definition) is 0. The van der Waals surface area contributed by atoms with Crippen LogP contribution in [0.25, 0.3) is 42.4 Å². The third-order valence-corrected chi connectivity index (χ3v) is 12.3. The van der Waals surface area contributed by atoms with Gasteiger partial charge in [0.25, 0.3) is 0 Å². The van der Waals surface area contributed by atoms with Crippen LogP contribution >= 0.6 is 11.3 Å². The van der Waals surface area contributed by atoms with Gasteiger partial charge in [0.1, 0.15) is 0 Å².